The topological polar surface area (TPSA) is 37.8 Å². The molecule has 0 amide bonds. The molecular formula is C16H21N3. The number of hydrogen-bond acceptors (Lipinski definition) is 3. The summed E-state index contributed by atoms with van der Waals surface area (Å²) in [6.07, 6.45) is 3.73. The molecule has 1 aromatic carbocycles. The predicted octanol–water partition coefficient (Wildman–Crippen LogP) is 2.76. The van der Waals surface area contributed by atoms with Crippen LogP contribution in [-0.2, 0) is 19.4 Å². The van der Waals surface area contributed by atoms with Crippen molar-refractivity contribution in [1.29, 1.82) is 0 Å². The summed E-state index contributed by atoms with van der Waals surface area (Å²) in [6, 6.07) is 12.9. The van der Waals surface area contributed by atoms with E-state index >= 15 is 0 Å². The van der Waals surface area contributed by atoms with E-state index in [1.807, 2.05) is 18.3 Å². The molecule has 1 heterocycles. The Morgan fingerprint density at radius 3 is 2.58 bits per heavy atom. The number of nitrogens with zero attached hydrogens (tertiary/aromatic N) is 2. The normalized spacial score (nSPS) is 10.9. The molecule has 0 saturated heterocycles. The van der Waals surface area contributed by atoms with Gasteiger partial charge in [-0.1, -0.05) is 44.2 Å². The van der Waals surface area contributed by atoms with E-state index in [2.05, 4.69) is 53.4 Å². The molecule has 0 saturated carbocycles. The van der Waals surface area contributed by atoms with Gasteiger partial charge >= 0.3 is 0 Å². The van der Waals surface area contributed by atoms with Crippen molar-refractivity contribution in [3.8, 4) is 0 Å². The van der Waals surface area contributed by atoms with Gasteiger partial charge in [0.1, 0.15) is 5.82 Å². The summed E-state index contributed by atoms with van der Waals surface area (Å²) < 4.78 is 0. The van der Waals surface area contributed by atoms with E-state index in [4.69, 9.17) is 0 Å². The molecule has 0 fully saturated rings. The predicted molar refractivity (Wildman–Crippen MR) is 77.9 cm³/mol. The number of benzene rings is 1. The summed E-state index contributed by atoms with van der Waals surface area (Å²) in [5, 5.41) is 3.37. The van der Waals surface area contributed by atoms with Crippen LogP contribution < -0.4 is 5.32 Å². The van der Waals surface area contributed by atoms with Crippen LogP contribution in [0.3, 0.4) is 0 Å². The van der Waals surface area contributed by atoms with Crippen molar-refractivity contribution < 1.29 is 0 Å². The summed E-state index contributed by atoms with van der Waals surface area (Å²) in [4.78, 5) is 8.93. The average molecular weight is 255 g/mol. The third kappa shape index (κ3) is 4.79. The molecular weight excluding hydrogens is 234 g/mol. The van der Waals surface area contributed by atoms with Crippen LogP contribution in [0.4, 0.5) is 0 Å². The van der Waals surface area contributed by atoms with Gasteiger partial charge < -0.3 is 5.32 Å². The first-order valence-corrected chi connectivity index (χ1v) is 6.82. The molecule has 1 N–H and O–H groups in total. The van der Waals surface area contributed by atoms with E-state index in [-0.39, 0.29) is 0 Å². The molecule has 0 aliphatic heterocycles. The smallest absolute Gasteiger partial charge is 0.128 e. The number of hydrogen-bond donors (Lipinski definition) is 1. The molecule has 1 aromatic heterocycles. The number of rotatable bonds is 6. The highest BCUT2D eigenvalue weighted by Gasteiger charge is 2.01. The lowest BCUT2D eigenvalue weighted by molar-refractivity contribution is 0.578. The van der Waals surface area contributed by atoms with E-state index in [0.717, 1.165) is 30.9 Å². The minimum Gasteiger partial charge on any atom is -0.309 e. The van der Waals surface area contributed by atoms with Gasteiger partial charge in [0.25, 0.3) is 0 Å². The SMILES string of the molecule is CC(C)NCc1ccnc(CCc2ccccc2)n1. The first-order chi connectivity index (χ1) is 9.24. The highest BCUT2D eigenvalue weighted by molar-refractivity contribution is 5.15. The van der Waals surface area contributed by atoms with Gasteiger partial charge in [-0.3, -0.25) is 0 Å². The van der Waals surface area contributed by atoms with Gasteiger partial charge in [-0.05, 0) is 18.1 Å². The zero-order valence-corrected chi connectivity index (χ0v) is 11.6. The van der Waals surface area contributed by atoms with E-state index < -0.39 is 0 Å². The Kier molecular flexibility index (Phi) is 5.04. The average Bonchev–Trinajstić information content (AvgIpc) is 2.44. The Labute approximate surface area is 115 Å². The molecule has 3 nitrogen and oxygen atoms in total. The molecule has 0 atom stereocenters. The van der Waals surface area contributed by atoms with Crippen molar-refractivity contribution in [1.82, 2.24) is 15.3 Å². The zero-order chi connectivity index (χ0) is 13.5. The fourth-order valence-electron chi connectivity index (χ4n) is 1.87. The van der Waals surface area contributed by atoms with Crippen LogP contribution in [0.2, 0.25) is 0 Å². The van der Waals surface area contributed by atoms with Crippen molar-refractivity contribution in [2.75, 3.05) is 0 Å². The molecule has 0 aliphatic carbocycles. The Balaban J connectivity index is 1.91. The summed E-state index contributed by atoms with van der Waals surface area (Å²) in [5.74, 6) is 0.923. The van der Waals surface area contributed by atoms with Crippen molar-refractivity contribution in [2.45, 2.75) is 39.3 Å². The zero-order valence-electron chi connectivity index (χ0n) is 11.6. The van der Waals surface area contributed by atoms with E-state index in [0.29, 0.717) is 6.04 Å². The van der Waals surface area contributed by atoms with Gasteiger partial charge in [-0.25, -0.2) is 9.97 Å². The summed E-state index contributed by atoms with van der Waals surface area (Å²) in [5.41, 5.74) is 2.39. The molecule has 0 bridgehead atoms. The fourth-order valence-corrected chi connectivity index (χ4v) is 1.87. The van der Waals surface area contributed by atoms with Gasteiger partial charge in [-0.2, -0.15) is 0 Å². The van der Waals surface area contributed by atoms with Crippen LogP contribution in [0.15, 0.2) is 42.6 Å². The van der Waals surface area contributed by atoms with E-state index in [1.165, 1.54) is 5.56 Å². The Morgan fingerprint density at radius 2 is 1.84 bits per heavy atom. The molecule has 0 unspecified atom stereocenters. The highest BCUT2D eigenvalue weighted by atomic mass is 14.9. The Morgan fingerprint density at radius 1 is 1.05 bits per heavy atom. The van der Waals surface area contributed by atoms with Gasteiger partial charge in [0, 0.05) is 25.2 Å². The van der Waals surface area contributed by atoms with Crippen LogP contribution in [0.1, 0.15) is 30.9 Å². The largest absolute Gasteiger partial charge is 0.309 e. The first kappa shape index (κ1) is 13.7. The molecule has 2 rings (SSSR count). The molecule has 100 valence electrons. The molecule has 2 aromatic rings. The Bertz CT molecular complexity index is 494. The first-order valence-electron chi connectivity index (χ1n) is 6.82. The fraction of sp³-hybridized carbons (Fsp3) is 0.375. The summed E-state index contributed by atoms with van der Waals surface area (Å²) in [6.45, 7) is 5.08. The lowest BCUT2D eigenvalue weighted by atomic mass is 10.1. The minimum absolute atomic E-state index is 0.475. The lowest BCUT2D eigenvalue weighted by Crippen LogP contribution is -2.22. The molecule has 3 heteroatoms. The monoisotopic (exact) mass is 255 g/mol. The summed E-state index contributed by atoms with van der Waals surface area (Å²) in [7, 11) is 0. The second kappa shape index (κ2) is 7.00. The van der Waals surface area contributed by atoms with Gasteiger partial charge in [0.2, 0.25) is 0 Å². The third-order valence-electron chi connectivity index (χ3n) is 2.93. The quantitative estimate of drug-likeness (QED) is 0.862. The maximum atomic E-state index is 4.59. The minimum atomic E-state index is 0.475. The molecule has 0 radical (unpaired) electrons. The van der Waals surface area contributed by atoms with E-state index in [9.17, 15) is 0 Å². The van der Waals surface area contributed by atoms with Crippen molar-refractivity contribution in [3.63, 3.8) is 0 Å². The second-order valence-electron chi connectivity index (χ2n) is 4.99. The lowest BCUT2D eigenvalue weighted by Gasteiger charge is -2.08. The van der Waals surface area contributed by atoms with Gasteiger partial charge in [-0.15, -0.1) is 0 Å². The maximum Gasteiger partial charge on any atom is 0.128 e. The van der Waals surface area contributed by atoms with Crippen LogP contribution in [0.25, 0.3) is 0 Å². The van der Waals surface area contributed by atoms with Crippen LogP contribution >= 0.6 is 0 Å². The van der Waals surface area contributed by atoms with Crippen LogP contribution in [-0.4, -0.2) is 16.0 Å². The molecule has 0 spiro atoms. The van der Waals surface area contributed by atoms with Crippen molar-refractivity contribution >= 4 is 0 Å². The summed E-state index contributed by atoms with van der Waals surface area (Å²) >= 11 is 0. The van der Waals surface area contributed by atoms with Crippen molar-refractivity contribution in [2.24, 2.45) is 0 Å². The maximum absolute atomic E-state index is 4.59. The number of aryl methyl sites for hydroxylation is 2. The number of nitrogens with one attached hydrogen (secondary N) is 1. The van der Waals surface area contributed by atoms with Crippen LogP contribution in [0, 0.1) is 0 Å². The second-order valence-corrected chi connectivity index (χ2v) is 4.99. The van der Waals surface area contributed by atoms with Crippen molar-refractivity contribution in [3.05, 3.63) is 59.7 Å². The Hall–Kier alpha value is -1.74. The highest BCUT2D eigenvalue weighted by Crippen LogP contribution is 2.04. The van der Waals surface area contributed by atoms with Gasteiger partial charge in [0.05, 0.1) is 5.69 Å². The molecule has 0 aliphatic rings. The van der Waals surface area contributed by atoms with Crippen LogP contribution in [0.5, 0.6) is 0 Å². The number of aromatic nitrogens is 2. The van der Waals surface area contributed by atoms with E-state index in [1.54, 1.807) is 0 Å². The van der Waals surface area contributed by atoms with Gasteiger partial charge in [0.15, 0.2) is 0 Å². The third-order valence-corrected chi connectivity index (χ3v) is 2.93. The standard InChI is InChI=1S/C16H21N3/c1-13(2)18-12-15-10-11-17-16(19-15)9-8-14-6-4-3-5-7-14/h3-7,10-11,13,18H,8-9,12H2,1-2H3. The molecule has 19 heavy (non-hydrogen) atoms.